The fraction of sp³-hybridized carbons (Fsp3) is 0.136. The van der Waals surface area contributed by atoms with E-state index in [-0.39, 0.29) is 18.6 Å². The van der Waals surface area contributed by atoms with Gasteiger partial charge in [-0.25, -0.2) is 0 Å². The largest absolute Gasteiger partial charge is 0.484 e. The molecule has 0 aliphatic carbocycles. The van der Waals surface area contributed by atoms with Crippen molar-refractivity contribution in [3.8, 4) is 5.75 Å². The highest BCUT2D eigenvalue weighted by Crippen LogP contribution is 2.24. The van der Waals surface area contributed by atoms with Gasteiger partial charge in [-0.2, -0.15) is 0 Å². The van der Waals surface area contributed by atoms with Crippen LogP contribution in [0.2, 0.25) is 0 Å². The summed E-state index contributed by atoms with van der Waals surface area (Å²) >= 11 is 0. The Labute approximate surface area is 151 Å². The smallest absolute Gasteiger partial charge is 0.258 e. The third-order valence-electron chi connectivity index (χ3n) is 4.34. The van der Waals surface area contributed by atoms with Gasteiger partial charge in [-0.1, -0.05) is 48.5 Å². The molecule has 0 saturated heterocycles. The molecule has 130 valence electrons. The first-order valence-corrected chi connectivity index (χ1v) is 8.58. The van der Waals surface area contributed by atoms with E-state index < -0.39 is 0 Å². The first kappa shape index (κ1) is 16.2. The van der Waals surface area contributed by atoms with Crippen molar-refractivity contribution in [1.29, 1.82) is 0 Å². The molecule has 26 heavy (non-hydrogen) atoms. The third-order valence-corrected chi connectivity index (χ3v) is 4.34. The number of rotatable bonds is 5. The summed E-state index contributed by atoms with van der Waals surface area (Å²) in [5.41, 5.74) is 0.816. The molecule has 0 bridgehead atoms. The Morgan fingerprint density at radius 2 is 1.69 bits per heavy atom. The Hall–Kier alpha value is -3.27. The maximum absolute atomic E-state index is 12.2. The molecular weight excluding hydrogens is 326 g/mol. The Kier molecular flexibility index (Phi) is 4.32. The molecule has 0 aliphatic heterocycles. The summed E-state index contributed by atoms with van der Waals surface area (Å²) in [6.45, 7) is 1.86. The fourth-order valence-corrected chi connectivity index (χ4v) is 2.98. The lowest BCUT2D eigenvalue weighted by molar-refractivity contribution is -0.123. The van der Waals surface area contributed by atoms with Crippen LogP contribution in [0.1, 0.15) is 18.7 Å². The minimum Gasteiger partial charge on any atom is -0.484 e. The standard InChI is InChI=1S/C22H19NO3/c1-15(21-13-18-8-4-5-9-20(18)26-21)23-22(24)14-25-19-11-10-16-6-2-3-7-17(16)12-19/h2-13,15H,14H2,1H3,(H,23,24)/t15-/m0/s1. The number of furan rings is 1. The summed E-state index contributed by atoms with van der Waals surface area (Å²) < 4.78 is 11.4. The number of nitrogens with one attached hydrogen (secondary N) is 1. The number of para-hydroxylation sites is 1. The summed E-state index contributed by atoms with van der Waals surface area (Å²) in [5.74, 6) is 1.21. The van der Waals surface area contributed by atoms with Crippen molar-refractivity contribution in [3.63, 3.8) is 0 Å². The molecule has 0 unspecified atom stereocenters. The molecule has 0 radical (unpaired) electrons. The second kappa shape index (κ2) is 6.92. The minimum atomic E-state index is -0.227. The van der Waals surface area contributed by atoms with Crippen molar-refractivity contribution in [1.82, 2.24) is 5.32 Å². The van der Waals surface area contributed by atoms with Crippen LogP contribution in [0.3, 0.4) is 0 Å². The molecule has 1 amide bonds. The van der Waals surface area contributed by atoms with E-state index in [0.717, 1.165) is 27.5 Å². The topological polar surface area (TPSA) is 51.5 Å². The zero-order chi connectivity index (χ0) is 17.9. The van der Waals surface area contributed by atoms with Crippen LogP contribution < -0.4 is 10.1 Å². The quantitative estimate of drug-likeness (QED) is 0.563. The van der Waals surface area contributed by atoms with E-state index in [4.69, 9.17) is 9.15 Å². The number of benzene rings is 3. The summed E-state index contributed by atoms with van der Waals surface area (Å²) in [6, 6.07) is 23.3. The van der Waals surface area contributed by atoms with Crippen molar-refractivity contribution < 1.29 is 13.9 Å². The molecule has 4 heteroatoms. The lowest BCUT2D eigenvalue weighted by atomic mass is 10.1. The Bertz CT molecular complexity index is 1030. The second-order valence-electron chi connectivity index (χ2n) is 6.27. The highest BCUT2D eigenvalue weighted by molar-refractivity contribution is 5.84. The minimum absolute atomic E-state index is 0.0388. The van der Waals surface area contributed by atoms with Gasteiger partial charge in [-0.3, -0.25) is 4.79 Å². The second-order valence-corrected chi connectivity index (χ2v) is 6.27. The molecule has 4 rings (SSSR count). The van der Waals surface area contributed by atoms with Gasteiger partial charge in [-0.15, -0.1) is 0 Å². The highest BCUT2D eigenvalue weighted by Gasteiger charge is 2.14. The summed E-state index contributed by atoms with van der Waals surface area (Å²) in [4.78, 5) is 12.2. The molecule has 3 aromatic carbocycles. The number of hydrogen-bond acceptors (Lipinski definition) is 3. The molecule has 1 heterocycles. The lowest BCUT2D eigenvalue weighted by Crippen LogP contribution is -2.31. The zero-order valence-corrected chi connectivity index (χ0v) is 14.4. The molecule has 0 saturated carbocycles. The molecule has 1 atom stereocenters. The van der Waals surface area contributed by atoms with Crippen LogP contribution in [0, 0.1) is 0 Å². The van der Waals surface area contributed by atoms with Crippen LogP contribution >= 0.6 is 0 Å². The number of fused-ring (bicyclic) bond motifs is 2. The van der Waals surface area contributed by atoms with Gasteiger partial charge in [0, 0.05) is 5.39 Å². The zero-order valence-electron chi connectivity index (χ0n) is 14.4. The van der Waals surface area contributed by atoms with Crippen LogP contribution in [0.15, 0.2) is 77.2 Å². The van der Waals surface area contributed by atoms with Crippen molar-refractivity contribution >= 4 is 27.6 Å². The van der Waals surface area contributed by atoms with Crippen LogP contribution in [0.4, 0.5) is 0 Å². The van der Waals surface area contributed by atoms with Gasteiger partial charge in [0.15, 0.2) is 6.61 Å². The van der Waals surface area contributed by atoms with E-state index in [2.05, 4.69) is 5.32 Å². The van der Waals surface area contributed by atoms with Crippen LogP contribution in [0.25, 0.3) is 21.7 Å². The monoisotopic (exact) mass is 345 g/mol. The third kappa shape index (κ3) is 3.40. The molecule has 1 N–H and O–H groups in total. The normalized spacial score (nSPS) is 12.2. The number of carbonyl (C=O) groups is 1. The molecule has 0 aliphatic rings. The lowest BCUT2D eigenvalue weighted by Gasteiger charge is -2.12. The maximum Gasteiger partial charge on any atom is 0.258 e. The number of carbonyl (C=O) groups excluding carboxylic acids is 1. The van der Waals surface area contributed by atoms with Gasteiger partial charge >= 0.3 is 0 Å². The summed E-state index contributed by atoms with van der Waals surface area (Å²) in [6.07, 6.45) is 0. The van der Waals surface area contributed by atoms with Crippen LogP contribution in [-0.4, -0.2) is 12.5 Å². The van der Waals surface area contributed by atoms with Crippen molar-refractivity contribution in [3.05, 3.63) is 78.6 Å². The maximum atomic E-state index is 12.2. The van der Waals surface area contributed by atoms with Crippen molar-refractivity contribution in [2.45, 2.75) is 13.0 Å². The number of ether oxygens (including phenoxy) is 1. The fourth-order valence-electron chi connectivity index (χ4n) is 2.98. The van der Waals surface area contributed by atoms with Gasteiger partial charge in [-0.05, 0) is 42.0 Å². The molecular formula is C22H19NO3. The Morgan fingerprint density at radius 3 is 2.50 bits per heavy atom. The Morgan fingerprint density at radius 1 is 0.962 bits per heavy atom. The van der Waals surface area contributed by atoms with Crippen LogP contribution in [0.5, 0.6) is 5.75 Å². The van der Waals surface area contributed by atoms with E-state index in [1.165, 1.54) is 0 Å². The SMILES string of the molecule is C[C@H](NC(=O)COc1ccc2ccccc2c1)c1cc2ccccc2o1. The van der Waals surface area contributed by atoms with Gasteiger partial charge in [0.2, 0.25) is 0 Å². The van der Waals surface area contributed by atoms with Gasteiger partial charge in [0.05, 0.1) is 6.04 Å². The first-order chi connectivity index (χ1) is 12.7. The predicted molar refractivity (Wildman–Crippen MR) is 102 cm³/mol. The Balaban J connectivity index is 1.38. The summed E-state index contributed by atoms with van der Waals surface area (Å²) in [7, 11) is 0. The average Bonchev–Trinajstić information content (AvgIpc) is 3.10. The summed E-state index contributed by atoms with van der Waals surface area (Å²) in [5, 5.41) is 6.16. The van der Waals surface area contributed by atoms with E-state index in [9.17, 15) is 4.79 Å². The van der Waals surface area contributed by atoms with E-state index in [1.54, 1.807) is 0 Å². The van der Waals surface area contributed by atoms with E-state index in [0.29, 0.717) is 5.75 Å². The predicted octanol–water partition coefficient (Wildman–Crippen LogP) is 4.84. The molecule has 0 fully saturated rings. The average molecular weight is 345 g/mol. The van der Waals surface area contributed by atoms with Crippen LogP contribution in [-0.2, 0) is 4.79 Å². The van der Waals surface area contributed by atoms with Gasteiger partial charge in [0.1, 0.15) is 17.1 Å². The number of amides is 1. The van der Waals surface area contributed by atoms with Crippen molar-refractivity contribution in [2.24, 2.45) is 0 Å². The molecule has 4 nitrogen and oxygen atoms in total. The molecule has 1 aromatic heterocycles. The van der Waals surface area contributed by atoms with Crippen molar-refractivity contribution in [2.75, 3.05) is 6.61 Å². The molecule has 0 spiro atoms. The number of hydrogen-bond donors (Lipinski definition) is 1. The van der Waals surface area contributed by atoms with Gasteiger partial charge in [0.25, 0.3) is 5.91 Å². The molecule has 4 aromatic rings. The first-order valence-electron chi connectivity index (χ1n) is 8.58. The van der Waals surface area contributed by atoms with E-state index in [1.807, 2.05) is 79.7 Å². The highest BCUT2D eigenvalue weighted by atomic mass is 16.5. The van der Waals surface area contributed by atoms with E-state index >= 15 is 0 Å². The van der Waals surface area contributed by atoms with Gasteiger partial charge < -0.3 is 14.5 Å².